The molecule has 0 aromatic heterocycles. The third-order valence-electron chi connectivity index (χ3n) is 3.09. The standard InChI is InChI=1S/C15H24N2S/c1-3-4-5-6-9-12(2)17-14-11-8-7-10-13(14)15(16)18/h7-8,10-12,17H,3-6,9H2,1-2H3,(H2,16,18). The van der Waals surface area contributed by atoms with Crippen molar-refractivity contribution in [2.45, 2.75) is 52.0 Å². The van der Waals surface area contributed by atoms with Gasteiger partial charge in [0.1, 0.15) is 4.99 Å². The molecule has 0 amide bonds. The monoisotopic (exact) mass is 264 g/mol. The van der Waals surface area contributed by atoms with E-state index in [1.165, 1.54) is 32.1 Å². The smallest absolute Gasteiger partial charge is 0.106 e. The lowest BCUT2D eigenvalue weighted by Gasteiger charge is -2.17. The van der Waals surface area contributed by atoms with E-state index in [0.717, 1.165) is 11.3 Å². The summed E-state index contributed by atoms with van der Waals surface area (Å²) in [7, 11) is 0. The van der Waals surface area contributed by atoms with Gasteiger partial charge < -0.3 is 11.1 Å². The Kier molecular flexibility index (Phi) is 6.73. The van der Waals surface area contributed by atoms with Crippen molar-refractivity contribution < 1.29 is 0 Å². The van der Waals surface area contributed by atoms with Crippen molar-refractivity contribution in [2.75, 3.05) is 5.32 Å². The fourth-order valence-corrected chi connectivity index (χ4v) is 2.22. The highest BCUT2D eigenvalue weighted by Gasteiger charge is 2.07. The highest BCUT2D eigenvalue weighted by atomic mass is 32.1. The van der Waals surface area contributed by atoms with Gasteiger partial charge >= 0.3 is 0 Å². The highest BCUT2D eigenvalue weighted by molar-refractivity contribution is 7.80. The van der Waals surface area contributed by atoms with Gasteiger partial charge in [-0.05, 0) is 25.5 Å². The Balaban J connectivity index is 2.48. The van der Waals surface area contributed by atoms with Gasteiger partial charge in [0, 0.05) is 17.3 Å². The molecule has 0 radical (unpaired) electrons. The first-order chi connectivity index (χ1) is 8.65. The van der Waals surface area contributed by atoms with Gasteiger partial charge in [0.05, 0.1) is 0 Å². The summed E-state index contributed by atoms with van der Waals surface area (Å²) >= 11 is 5.06. The van der Waals surface area contributed by atoms with Gasteiger partial charge in [0.25, 0.3) is 0 Å². The Morgan fingerprint density at radius 2 is 2.00 bits per heavy atom. The summed E-state index contributed by atoms with van der Waals surface area (Å²) in [5, 5.41) is 3.50. The molecular formula is C15H24N2S. The minimum Gasteiger partial charge on any atom is -0.389 e. The van der Waals surface area contributed by atoms with E-state index in [9.17, 15) is 0 Å². The normalized spacial score (nSPS) is 12.1. The number of hydrogen-bond donors (Lipinski definition) is 2. The number of anilines is 1. The van der Waals surface area contributed by atoms with E-state index in [-0.39, 0.29) is 0 Å². The van der Waals surface area contributed by atoms with Crippen LogP contribution in [0.2, 0.25) is 0 Å². The number of nitrogens with one attached hydrogen (secondary N) is 1. The molecule has 3 heteroatoms. The lowest BCUT2D eigenvalue weighted by atomic mass is 10.1. The predicted molar refractivity (Wildman–Crippen MR) is 84.2 cm³/mol. The Morgan fingerprint density at radius 1 is 1.28 bits per heavy atom. The number of rotatable bonds is 8. The van der Waals surface area contributed by atoms with Crippen LogP contribution in [-0.4, -0.2) is 11.0 Å². The molecule has 1 aromatic carbocycles. The first-order valence-electron chi connectivity index (χ1n) is 6.80. The molecule has 0 aliphatic heterocycles. The summed E-state index contributed by atoms with van der Waals surface area (Å²) in [5.74, 6) is 0. The zero-order valence-electron chi connectivity index (χ0n) is 11.4. The molecule has 100 valence electrons. The van der Waals surface area contributed by atoms with Crippen molar-refractivity contribution in [2.24, 2.45) is 5.73 Å². The molecule has 1 atom stereocenters. The minimum absolute atomic E-state index is 0.455. The molecule has 0 fully saturated rings. The van der Waals surface area contributed by atoms with Gasteiger partial charge in [0.15, 0.2) is 0 Å². The summed E-state index contributed by atoms with van der Waals surface area (Å²) in [4.78, 5) is 0.455. The third kappa shape index (κ3) is 5.05. The number of para-hydroxylation sites is 1. The second-order valence-electron chi connectivity index (χ2n) is 4.80. The minimum atomic E-state index is 0.455. The molecular weight excluding hydrogens is 240 g/mol. The topological polar surface area (TPSA) is 38.0 Å². The van der Waals surface area contributed by atoms with Crippen LogP contribution in [0.5, 0.6) is 0 Å². The fourth-order valence-electron chi connectivity index (χ4n) is 2.04. The average Bonchev–Trinajstić information content (AvgIpc) is 2.35. The number of nitrogens with two attached hydrogens (primary N) is 1. The summed E-state index contributed by atoms with van der Waals surface area (Å²) in [6.07, 6.45) is 6.39. The number of unbranched alkanes of at least 4 members (excludes halogenated alkanes) is 3. The van der Waals surface area contributed by atoms with Crippen molar-refractivity contribution >= 4 is 22.9 Å². The van der Waals surface area contributed by atoms with Gasteiger partial charge in [-0.15, -0.1) is 0 Å². The van der Waals surface area contributed by atoms with E-state index in [2.05, 4.69) is 19.2 Å². The summed E-state index contributed by atoms with van der Waals surface area (Å²) in [5.41, 5.74) is 7.71. The van der Waals surface area contributed by atoms with Gasteiger partial charge in [-0.2, -0.15) is 0 Å². The van der Waals surface area contributed by atoms with Crippen LogP contribution in [0.15, 0.2) is 24.3 Å². The van der Waals surface area contributed by atoms with Crippen LogP contribution in [-0.2, 0) is 0 Å². The SMILES string of the molecule is CCCCCCC(C)Nc1ccccc1C(N)=S. The molecule has 18 heavy (non-hydrogen) atoms. The molecule has 1 rings (SSSR count). The lowest BCUT2D eigenvalue weighted by Crippen LogP contribution is -2.19. The molecule has 0 aliphatic rings. The van der Waals surface area contributed by atoms with Gasteiger partial charge in [-0.25, -0.2) is 0 Å². The maximum absolute atomic E-state index is 5.72. The van der Waals surface area contributed by atoms with Gasteiger partial charge in [0.2, 0.25) is 0 Å². The molecule has 0 heterocycles. The summed E-state index contributed by atoms with van der Waals surface area (Å²) < 4.78 is 0. The molecule has 0 saturated heterocycles. The highest BCUT2D eigenvalue weighted by Crippen LogP contribution is 2.17. The fraction of sp³-hybridized carbons (Fsp3) is 0.533. The Morgan fingerprint density at radius 3 is 2.67 bits per heavy atom. The number of thiocarbonyl (C=S) groups is 1. The summed E-state index contributed by atoms with van der Waals surface area (Å²) in [6.45, 7) is 4.45. The van der Waals surface area contributed by atoms with Crippen LogP contribution in [0.1, 0.15) is 51.5 Å². The molecule has 2 nitrogen and oxygen atoms in total. The second kappa shape index (κ2) is 8.09. The predicted octanol–water partition coefficient (Wildman–Crippen LogP) is 4.09. The molecule has 0 aliphatic carbocycles. The zero-order chi connectivity index (χ0) is 13.4. The molecule has 3 N–H and O–H groups in total. The van der Waals surface area contributed by atoms with Crippen LogP contribution in [0.3, 0.4) is 0 Å². The Hall–Kier alpha value is -1.09. The van der Waals surface area contributed by atoms with Crippen molar-refractivity contribution in [1.29, 1.82) is 0 Å². The molecule has 0 bridgehead atoms. The van der Waals surface area contributed by atoms with Crippen LogP contribution < -0.4 is 11.1 Å². The van der Waals surface area contributed by atoms with Crippen molar-refractivity contribution in [3.05, 3.63) is 29.8 Å². The van der Waals surface area contributed by atoms with Gasteiger partial charge in [-0.3, -0.25) is 0 Å². The quantitative estimate of drug-likeness (QED) is 0.548. The number of benzene rings is 1. The van der Waals surface area contributed by atoms with Gasteiger partial charge in [-0.1, -0.05) is 57.0 Å². The maximum atomic E-state index is 5.72. The number of hydrogen-bond acceptors (Lipinski definition) is 2. The van der Waals surface area contributed by atoms with E-state index in [4.69, 9.17) is 18.0 Å². The van der Waals surface area contributed by atoms with Crippen molar-refractivity contribution in [3.8, 4) is 0 Å². The van der Waals surface area contributed by atoms with E-state index in [0.29, 0.717) is 11.0 Å². The molecule has 1 aromatic rings. The van der Waals surface area contributed by atoms with E-state index in [1.807, 2.05) is 24.3 Å². The lowest BCUT2D eigenvalue weighted by molar-refractivity contribution is 0.594. The van der Waals surface area contributed by atoms with E-state index in [1.54, 1.807) is 0 Å². The Bertz CT molecular complexity index is 377. The van der Waals surface area contributed by atoms with E-state index >= 15 is 0 Å². The molecule has 1 unspecified atom stereocenters. The summed E-state index contributed by atoms with van der Waals surface area (Å²) in [6, 6.07) is 8.43. The Labute approximate surface area is 116 Å². The van der Waals surface area contributed by atoms with E-state index < -0.39 is 0 Å². The molecule has 0 saturated carbocycles. The zero-order valence-corrected chi connectivity index (χ0v) is 12.2. The van der Waals surface area contributed by atoms with Crippen LogP contribution in [0.4, 0.5) is 5.69 Å². The second-order valence-corrected chi connectivity index (χ2v) is 5.24. The maximum Gasteiger partial charge on any atom is 0.106 e. The first-order valence-corrected chi connectivity index (χ1v) is 7.21. The first kappa shape index (κ1) is 15.0. The van der Waals surface area contributed by atoms with Crippen molar-refractivity contribution in [1.82, 2.24) is 0 Å². The van der Waals surface area contributed by atoms with Crippen LogP contribution in [0.25, 0.3) is 0 Å². The largest absolute Gasteiger partial charge is 0.389 e. The van der Waals surface area contributed by atoms with Crippen LogP contribution >= 0.6 is 12.2 Å². The average molecular weight is 264 g/mol. The molecule has 0 spiro atoms. The van der Waals surface area contributed by atoms with Crippen LogP contribution in [0, 0.1) is 0 Å². The van der Waals surface area contributed by atoms with Crippen molar-refractivity contribution in [3.63, 3.8) is 0 Å². The third-order valence-corrected chi connectivity index (χ3v) is 3.31.